The molecule has 1 heterocycles. The van der Waals surface area contributed by atoms with E-state index in [2.05, 4.69) is 28.2 Å². The Hall–Kier alpha value is 0.440. The molecule has 1 aliphatic rings. The molecule has 1 aliphatic heterocycles. The van der Waals surface area contributed by atoms with Crippen molar-refractivity contribution in [2.24, 2.45) is 0 Å². The summed E-state index contributed by atoms with van der Waals surface area (Å²) >= 11 is 3.52. The minimum Gasteiger partial charge on any atom is -0.302 e. The molecule has 1 saturated heterocycles. The first-order chi connectivity index (χ1) is 3.79. The van der Waals surface area contributed by atoms with Crippen LogP contribution in [0.4, 0.5) is 0 Å². The van der Waals surface area contributed by atoms with Gasteiger partial charge in [-0.2, -0.15) is 0 Å². The third kappa shape index (κ3) is 1.75. The van der Waals surface area contributed by atoms with Gasteiger partial charge in [0.15, 0.2) is 0 Å². The Labute approximate surface area is 59.0 Å². The summed E-state index contributed by atoms with van der Waals surface area (Å²) in [7, 11) is 0. The van der Waals surface area contributed by atoms with Crippen molar-refractivity contribution in [3.63, 3.8) is 0 Å². The van der Waals surface area contributed by atoms with Crippen LogP contribution >= 0.6 is 15.9 Å². The number of nitrogens with one attached hydrogen (secondary N) is 1. The SMILES string of the molecule is CC1CCCC(Br)N1. The van der Waals surface area contributed by atoms with Gasteiger partial charge in [-0.3, -0.25) is 0 Å². The summed E-state index contributed by atoms with van der Waals surface area (Å²) in [5.74, 6) is 0. The highest BCUT2D eigenvalue weighted by molar-refractivity contribution is 9.09. The molecule has 0 spiro atoms. The summed E-state index contributed by atoms with van der Waals surface area (Å²) in [6.07, 6.45) is 3.98. The van der Waals surface area contributed by atoms with Crippen LogP contribution < -0.4 is 5.32 Å². The van der Waals surface area contributed by atoms with Crippen molar-refractivity contribution < 1.29 is 0 Å². The maximum absolute atomic E-state index is 3.52. The first-order valence-electron chi connectivity index (χ1n) is 3.19. The fourth-order valence-corrected chi connectivity index (χ4v) is 1.85. The minimum atomic E-state index is 0.575. The van der Waals surface area contributed by atoms with Crippen molar-refractivity contribution in [1.82, 2.24) is 5.32 Å². The van der Waals surface area contributed by atoms with Crippen LogP contribution in [-0.4, -0.2) is 11.0 Å². The Morgan fingerprint density at radius 2 is 2.25 bits per heavy atom. The highest BCUT2D eigenvalue weighted by Gasteiger charge is 2.13. The zero-order chi connectivity index (χ0) is 5.98. The Balaban J connectivity index is 2.23. The third-order valence-corrected chi connectivity index (χ3v) is 2.28. The Morgan fingerprint density at radius 3 is 2.62 bits per heavy atom. The van der Waals surface area contributed by atoms with Gasteiger partial charge in [0.2, 0.25) is 0 Å². The van der Waals surface area contributed by atoms with Gasteiger partial charge in [0.25, 0.3) is 0 Å². The standard InChI is InChI=1S/C6H12BrN/c1-5-3-2-4-6(7)8-5/h5-6,8H,2-4H2,1H3. The van der Waals surface area contributed by atoms with Crippen LogP contribution in [0.25, 0.3) is 0 Å². The lowest BCUT2D eigenvalue weighted by molar-refractivity contribution is 0.407. The molecule has 1 nitrogen and oxygen atoms in total. The average Bonchev–Trinajstić information content (AvgIpc) is 1.64. The molecular formula is C6H12BrN. The van der Waals surface area contributed by atoms with Crippen molar-refractivity contribution in [1.29, 1.82) is 0 Å². The number of halogens is 1. The van der Waals surface area contributed by atoms with Crippen LogP contribution in [0.5, 0.6) is 0 Å². The van der Waals surface area contributed by atoms with E-state index in [-0.39, 0.29) is 0 Å². The first kappa shape index (κ1) is 6.56. The molecule has 1 fully saturated rings. The van der Waals surface area contributed by atoms with Gasteiger partial charge >= 0.3 is 0 Å². The molecule has 2 atom stereocenters. The highest BCUT2D eigenvalue weighted by atomic mass is 79.9. The normalized spacial score (nSPS) is 39.8. The van der Waals surface area contributed by atoms with E-state index in [9.17, 15) is 0 Å². The van der Waals surface area contributed by atoms with Crippen LogP contribution in [0, 0.1) is 0 Å². The van der Waals surface area contributed by atoms with Crippen LogP contribution in [0.2, 0.25) is 0 Å². The Kier molecular flexibility index (Phi) is 2.32. The van der Waals surface area contributed by atoms with E-state index in [1.807, 2.05) is 0 Å². The number of hydrogen-bond acceptors (Lipinski definition) is 1. The van der Waals surface area contributed by atoms with E-state index >= 15 is 0 Å². The Bertz CT molecular complexity index is 66.9. The van der Waals surface area contributed by atoms with Gasteiger partial charge in [-0.1, -0.05) is 15.9 Å². The number of hydrogen-bond donors (Lipinski definition) is 1. The Morgan fingerprint density at radius 1 is 1.50 bits per heavy atom. The molecule has 0 saturated carbocycles. The summed E-state index contributed by atoms with van der Waals surface area (Å²) < 4.78 is 0. The summed E-state index contributed by atoms with van der Waals surface area (Å²) in [5, 5.41) is 3.40. The summed E-state index contributed by atoms with van der Waals surface area (Å²) in [5.41, 5.74) is 0. The molecule has 1 rings (SSSR count). The van der Waals surface area contributed by atoms with Gasteiger partial charge in [-0.05, 0) is 26.2 Å². The predicted octanol–water partition coefficient (Wildman–Crippen LogP) is 1.87. The van der Waals surface area contributed by atoms with Crippen molar-refractivity contribution >= 4 is 15.9 Å². The molecule has 0 aromatic heterocycles. The molecule has 1 N–H and O–H groups in total. The molecule has 0 bridgehead atoms. The molecule has 0 aromatic rings. The molecule has 2 unspecified atom stereocenters. The van der Waals surface area contributed by atoms with Gasteiger partial charge in [0, 0.05) is 6.04 Å². The number of alkyl halides is 1. The lowest BCUT2D eigenvalue weighted by Gasteiger charge is -2.23. The molecule has 0 aliphatic carbocycles. The first-order valence-corrected chi connectivity index (χ1v) is 4.11. The molecule has 2 heteroatoms. The molecule has 0 aromatic carbocycles. The predicted molar refractivity (Wildman–Crippen MR) is 39.2 cm³/mol. The zero-order valence-electron chi connectivity index (χ0n) is 5.15. The van der Waals surface area contributed by atoms with E-state index in [4.69, 9.17) is 0 Å². The van der Waals surface area contributed by atoms with Gasteiger partial charge in [0.1, 0.15) is 0 Å². The average molecular weight is 178 g/mol. The quantitative estimate of drug-likeness (QED) is 0.441. The maximum atomic E-state index is 3.52. The van der Waals surface area contributed by atoms with Gasteiger partial charge in [-0.25, -0.2) is 0 Å². The topological polar surface area (TPSA) is 12.0 Å². The van der Waals surface area contributed by atoms with E-state index < -0.39 is 0 Å². The fraction of sp³-hybridized carbons (Fsp3) is 1.00. The van der Waals surface area contributed by atoms with Crippen molar-refractivity contribution in [2.75, 3.05) is 0 Å². The number of piperidine rings is 1. The maximum Gasteiger partial charge on any atom is 0.0632 e. The summed E-state index contributed by atoms with van der Waals surface area (Å²) in [6, 6.07) is 0.716. The fourth-order valence-electron chi connectivity index (χ4n) is 1.08. The smallest absolute Gasteiger partial charge is 0.0632 e. The van der Waals surface area contributed by atoms with E-state index in [0.717, 1.165) is 0 Å². The van der Waals surface area contributed by atoms with Crippen LogP contribution in [0.1, 0.15) is 26.2 Å². The van der Waals surface area contributed by atoms with E-state index in [1.165, 1.54) is 19.3 Å². The number of rotatable bonds is 0. The zero-order valence-corrected chi connectivity index (χ0v) is 6.74. The van der Waals surface area contributed by atoms with Crippen LogP contribution in [0.3, 0.4) is 0 Å². The molecular weight excluding hydrogens is 166 g/mol. The van der Waals surface area contributed by atoms with Gasteiger partial charge < -0.3 is 5.32 Å². The largest absolute Gasteiger partial charge is 0.302 e. The van der Waals surface area contributed by atoms with Crippen molar-refractivity contribution in [3.05, 3.63) is 0 Å². The van der Waals surface area contributed by atoms with Gasteiger partial charge in [-0.15, -0.1) is 0 Å². The highest BCUT2D eigenvalue weighted by Crippen LogP contribution is 2.15. The second kappa shape index (κ2) is 2.83. The molecule has 48 valence electrons. The molecule has 0 radical (unpaired) electrons. The lowest BCUT2D eigenvalue weighted by atomic mass is 10.1. The molecule has 0 amide bonds. The summed E-state index contributed by atoms with van der Waals surface area (Å²) in [4.78, 5) is 0.575. The summed E-state index contributed by atoms with van der Waals surface area (Å²) in [6.45, 7) is 2.23. The van der Waals surface area contributed by atoms with E-state index in [1.54, 1.807) is 0 Å². The van der Waals surface area contributed by atoms with E-state index in [0.29, 0.717) is 11.0 Å². The van der Waals surface area contributed by atoms with Gasteiger partial charge in [0.05, 0.1) is 4.95 Å². The minimum absolute atomic E-state index is 0.575. The lowest BCUT2D eigenvalue weighted by Crippen LogP contribution is -2.36. The second-order valence-electron chi connectivity index (χ2n) is 2.47. The molecule has 8 heavy (non-hydrogen) atoms. The van der Waals surface area contributed by atoms with Crippen molar-refractivity contribution in [3.8, 4) is 0 Å². The van der Waals surface area contributed by atoms with Crippen LogP contribution in [-0.2, 0) is 0 Å². The monoisotopic (exact) mass is 177 g/mol. The third-order valence-electron chi connectivity index (χ3n) is 1.56. The second-order valence-corrected chi connectivity index (χ2v) is 3.57. The van der Waals surface area contributed by atoms with Crippen LogP contribution in [0.15, 0.2) is 0 Å². The van der Waals surface area contributed by atoms with Crippen molar-refractivity contribution in [2.45, 2.75) is 37.2 Å².